The van der Waals surface area contributed by atoms with E-state index in [0.717, 1.165) is 0 Å². The molecule has 0 rings (SSSR count). The molecule has 0 aromatic heterocycles. The van der Waals surface area contributed by atoms with Crippen molar-refractivity contribution in [2.24, 2.45) is 0 Å². The zero-order chi connectivity index (χ0) is 22.3. The summed E-state index contributed by atoms with van der Waals surface area (Å²) in [6.45, 7) is 16.3. The Kier molecular flexibility index (Phi) is 22.1. The van der Waals surface area contributed by atoms with Crippen LogP contribution in [0, 0.1) is 0 Å². The molecule has 1 nitrogen and oxygen atoms in total. The quantitative estimate of drug-likeness (QED) is 0.107. The second-order valence-corrected chi connectivity index (χ2v) is 14.6. The molecule has 0 unspecified atom stereocenters. The minimum Gasteiger partial charge on any atom is -0.321 e. The summed E-state index contributed by atoms with van der Waals surface area (Å²) in [6, 6.07) is 0. The van der Waals surface area contributed by atoms with Gasteiger partial charge in [0.1, 0.15) is 8.24 Å². The standard InChI is InChI=1S/C28H59NSi/c1-6-9-11-13-15-17-19-21-23-25-27-29(30(4,5)8-3)28-26-24-22-20-18-16-14-12-10-7-2/h8H,3,6-7,9-28H2,1-2,4-5H3. The molecule has 0 radical (unpaired) electrons. The van der Waals surface area contributed by atoms with E-state index in [2.05, 4.69) is 43.8 Å². The molecule has 0 heterocycles. The first kappa shape index (κ1) is 29.9. The van der Waals surface area contributed by atoms with Crippen molar-refractivity contribution >= 4 is 8.24 Å². The highest BCUT2D eigenvalue weighted by atomic mass is 28.3. The van der Waals surface area contributed by atoms with Crippen molar-refractivity contribution in [1.29, 1.82) is 0 Å². The van der Waals surface area contributed by atoms with Gasteiger partial charge < -0.3 is 4.57 Å². The van der Waals surface area contributed by atoms with Crippen LogP contribution in [0.15, 0.2) is 12.3 Å². The maximum Gasteiger partial charge on any atom is 0.146 e. The Morgan fingerprint density at radius 3 is 1.03 bits per heavy atom. The van der Waals surface area contributed by atoms with Crippen LogP contribution in [0.5, 0.6) is 0 Å². The van der Waals surface area contributed by atoms with E-state index in [1.54, 1.807) is 0 Å². The Bertz CT molecular complexity index is 329. The fourth-order valence-electron chi connectivity index (χ4n) is 4.40. The van der Waals surface area contributed by atoms with Gasteiger partial charge in [-0.3, -0.25) is 0 Å². The molecule has 0 aliphatic rings. The number of rotatable bonds is 24. The highest BCUT2D eigenvalue weighted by Gasteiger charge is 2.24. The third-order valence-electron chi connectivity index (χ3n) is 6.88. The van der Waals surface area contributed by atoms with E-state index < -0.39 is 8.24 Å². The van der Waals surface area contributed by atoms with Crippen LogP contribution in [0.25, 0.3) is 0 Å². The lowest BCUT2D eigenvalue weighted by atomic mass is 10.1. The first-order valence-corrected chi connectivity index (χ1v) is 17.0. The van der Waals surface area contributed by atoms with Crippen LogP contribution >= 0.6 is 0 Å². The summed E-state index contributed by atoms with van der Waals surface area (Å²) in [5.41, 5.74) is 2.29. The Labute approximate surface area is 193 Å². The highest BCUT2D eigenvalue weighted by molar-refractivity contribution is 6.79. The van der Waals surface area contributed by atoms with E-state index >= 15 is 0 Å². The van der Waals surface area contributed by atoms with Gasteiger partial charge in [-0.25, -0.2) is 0 Å². The van der Waals surface area contributed by atoms with Gasteiger partial charge in [0.2, 0.25) is 0 Å². The van der Waals surface area contributed by atoms with Gasteiger partial charge >= 0.3 is 0 Å². The lowest BCUT2D eigenvalue weighted by Crippen LogP contribution is -2.48. The topological polar surface area (TPSA) is 3.24 Å². The van der Waals surface area contributed by atoms with Crippen molar-refractivity contribution in [2.45, 2.75) is 155 Å². The monoisotopic (exact) mass is 437 g/mol. The van der Waals surface area contributed by atoms with Crippen molar-refractivity contribution in [1.82, 2.24) is 4.57 Å². The van der Waals surface area contributed by atoms with Crippen LogP contribution in [-0.2, 0) is 0 Å². The maximum absolute atomic E-state index is 4.17. The molecule has 180 valence electrons. The van der Waals surface area contributed by atoms with E-state index in [4.69, 9.17) is 0 Å². The summed E-state index contributed by atoms with van der Waals surface area (Å²) in [4.78, 5) is 0. The van der Waals surface area contributed by atoms with E-state index in [0.29, 0.717) is 0 Å². The first-order valence-electron chi connectivity index (χ1n) is 14.0. The Balaban J connectivity index is 3.76. The van der Waals surface area contributed by atoms with Crippen molar-refractivity contribution in [2.75, 3.05) is 13.1 Å². The SMILES string of the molecule is C=C[Si](C)(C)N(CCCCCCCCCCCC)CCCCCCCCCCCC. The van der Waals surface area contributed by atoms with Crippen LogP contribution in [0.1, 0.15) is 142 Å². The molecule has 0 saturated heterocycles. The molecule has 0 aliphatic heterocycles. The Morgan fingerprint density at radius 2 is 0.767 bits per heavy atom. The third-order valence-corrected chi connectivity index (χ3v) is 9.95. The molecule has 0 amide bonds. The van der Waals surface area contributed by atoms with E-state index in [1.807, 2.05) is 0 Å². The van der Waals surface area contributed by atoms with Crippen molar-refractivity contribution < 1.29 is 0 Å². The van der Waals surface area contributed by atoms with Crippen LogP contribution < -0.4 is 0 Å². The molecule has 0 spiro atoms. The zero-order valence-corrected chi connectivity index (χ0v) is 22.8. The third kappa shape index (κ3) is 18.7. The van der Waals surface area contributed by atoms with Crippen LogP contribution in [-0.4, -0.2) is 25.9 Å². The molecule has 0 fully saturated rings. The average molecular weight is 438 g/mol. The van der Waals surface area contributed by atoms with Crippen molar-refractivity contribution in [3.05, 3.63) is 12.3 Å². The number of unbranched alkanes of at least 4 members (excludes halogenated alkanes) is 18. The van der Waals surface area contributed by atoms with Gasteiger partial charge in [0.05, 0.1) is 0 Å². The molecular weight excluding hydrogens is 378 g/mol. The minimum atomic E-state index is -1.40. The average Bonchev–Trinajstić information content (AvgIpc) is 2.74. The molecule has 0 N–H and O–H groups in total. The summed E-state index contributed by atoms with van der Waals surface area (Å²) in [6.07, 6.45) is 28.6. The zero-order valence-electron chi connectivity index (χ0n) is 21.8. The summed E-state index contributed by atoms with van der Waals surface area (Å²) < 4.78 is 2.83. The van der Waals surface area contributed by atoms with Gasteiger partial charge in [-0.15, -0.1) is 6.58 Å². The molecule has 0 aliphatic carbocycles. The number of nitrogens with zero attached hydrogens (tertiary/aromatic N) is 1. The van der Waals surface area contributed by atoms with Crippen LogP contribution in [0.4, 0.5) is 0 Å². The minimum absolute atomic E-state index is 1.30. The molecule has 0 bridgehead atoms. The molecule has 0 aromatic carbocycles. The van der Waals surface area contributed by atoms with Gasteiger partial charge in [0, 0.05) is 0 Å². The second kappa shape index (κ2) is 22.1. The molecule has 0 atom stereocenters. The predicted molar refractivity (Wildman–Crippen MR) is 143 cm³/mol. The lowest BCUT2D eigenvalue weighted by molar-refractivity contribution is 0.389. The smallest absolute Gasteiger partial charge is 0.146 e. The summed E-state index contributed by atoms with van der Waals surface area (Å²) in [7, 11) is -1.40. The van der Waals surface area contributed by atoms with E-state index in [1.165, 1.54) is 142 Å². The fraction of sp³-hybridized carbons (Fsp3) is 0.929. The number of hydrogen-bond donors (Lipinski definition) is 0. The summed E-state index contributed by atoms with van der Waals surface area (Å²) in [5.74, 6) is 0. The van der Waals surface area contributed by atoms with Gasteiger partial charge in [0.25, 0.3) is 0 Å². The predicted octanol–water partition coefficient (Wildman–Crippen LogP) is 10.1. The normalized spacial score (nSPS) is 12.0. The van der Waals surface area contributed by atoms with Gasteiger partial charge in [-0.2, -0.15) is 0 Å². The van der Waals surface area contributed by atoms with Crippen LogP contribution in [0.3, 0.4) is 0 Å². The fourth-order valence-corrected chi connectivity index (χ4v) is 6.12. The molecule has 0 saturated carbocycles. The summed E-state index contributed by atoms with van der Waals surface area (Å²) in [5, 5.41) is 0. The van der Waals surface area contributed by atoms with Crippen LogP contribution in [0.2, 0.25) is 13.1 Å². The molecule has 30 heavy (non-hydrogen) atoms. The summed E-state index contributed by atoms with van der Waals surface area (Å²) >= 11 is 0. The van der Waals surface area contributed by atoms with Gasteiger partial charge in [-0.1, -0.05) is 148 Å². The molecular formula is C28H59NSi. The molecule has 0 aromatic rings. The van der Waals surface area contributed by atoms with Gasteiger partial charge in [-0.05, 0) is 25.9 Å². The van der Waals surface area contributed by atoms with E-state index in [-0.39, 0.29) is 0 Å². The first-order chi connectivity index (χ1) is 14.6. The Hall–Kier alpha value is -0.0831. The van der Waals surface area contributed by atoms with Crippen molar-refractivity contribution in [3.8, 4) is 0 Å². The van der Waals surface area contributed by atoms with Crippen molar-refractivity contribution in [3.63, 3.8) is 0 Å². The largest absolute Gasteiger partial charge is 0.321 e. The Morgan fingerprint density at radius 1 is 0.500 bits per heavy atom. The second-order valence-electron chi connectivity index (χ2n) is 10.2. The lowest BCUT2D eigenvalue weighted by Gasteiger charge is -2.34. The van der Waals surface area contributed by atoms with Gasteiger partial charge in [0.15, 0.2) is 0 Å². The van der Waals surface area contributed by atoms with E-state index in [9.17, 15) is 0 Å². The molecule has 2 heteroatoms. The number of hydrogen-bond acceptors (Lipinski definition) is 1. The maximum atomic E-state index is 4.17. The highest BCUT2D eigenvalue weighted by Crippen LogP contribution is 2.17.